The molecule has 4 nitrogen and oxygen atoms in total. The Morgan fingerprint density at radius 2 is 2.16 bits per heavy atom. The van der Waals surface area contributed by atoms with E-state index >= 15 is 0 Å². The number of hydrogen-bond acceptors (Lipinski definition) is 3. The monoisotopic (exact) mass is 265 g/mol. The highest BCUT2D eigenvalue weighted by molar-refractivity contribution is 5.95. The van der Waals surface area contributed by atoms with Crippen LogP contribution in [0.1, 0.15) is 18.4 Å². The molecule has 1 aromatic rings. The van der Waals surface area contributed by atoms with Crippen LogP contribution in [-0.2, 0) is 4.74 Å². The van der Waals surface area contributed by atoms with E-state index in [1.165, 1.54) is 6.07 Å². The van der Waals surface area contributed by atoms with Crippen molar-refractivity contribution in [2.75, 3.05) is 31.7 Å². The summed E-state index contributed by atoms with van der Waals surface area (Å²) in [6, 6.07) is 4.69. The van der Waals surface area contributed by atoms with Gasteiger partial charge in [0.2, 0.25) is 0 Å². The number of hydrogen-bond donors (Lipinski definition) is 2. The number of benzene rings is 1. The van der Waals surface area contributed by atoms with E-state index in [-0.39, 0.29) is 11.7 Å². The van der Waals surface area contributed by atoms with E-state index in [0.717, 1.165) is 32.6 Å². The van der Waals surface area contributed by atoms with Crippen LogP contribution in [0.2, 0.25) is 0 Å². The molecule has 0 unspecified atom stereocenters. The van der Waals surface area contributed by atoms with Crippen LogP contribution in [0, 0.1) is 17.1 Å². The van der Waals surface area contributed by atoms with Gasteiger partial charge in [0.1, 0.15) is 11.7 Å². The Kier molecular flexibility index (Phi) is 4.37. The van der Waals surface area contributed by atoms with Gasteiger partial charge in [-0.15, -0.1) is 0 Å². The van der Waals surface area contributed by atoms with E-state index in [4.69, 9.17) is 15.9 Å². The number of nitrogens with one attached hydrogen (secondary N) is 1. The fourth-order valence-electron chi connectivity index (χ4n) is 2.40. The summed E-state index contributed by atoms with van der Waals surface area (Å²) < 4.78 is 19.3. The lowest BCUT2D eigenvalue weighted by molar-refractivity contribution is 0.0685. The van der Waals surface area contributed by atoms with Gasteiger partial charge in [0, 0.05) is 32.4 Å². The van der Waals surface area contributed by atoms with E-state index in [2.05, 4.69) is 0 Å². The van der Waals surface area contributed by atoms with Gasteiger partial charge in [0.15, 0.2) is 0 Å². The summed E-state index contributed by atoms with van der Waals surface area (Å²) in [5.74, 6) is 0.102. The van der Waals surface area contributed by atoms with Gasteiger partial charge in [0.25, 0.3) is 0 Å². The third-order valence-electron chi connectivity index (χ3n) is 3.54. The first-order chi connectivity index (χ1) is 9.08. The third-order valence-corrected chi connectivity index (χ3v) is 3.54. The van der Waals surface area contributed by atoms with Crippen molar-refractivity contribution in [2.45, 2.75) is 12.8 Å². The molecule has 1 saturated heterocycles. The Labute approximate surface area is 112 Å². The average molecular weight is 265 g/mol. The van der Waals surface area contributed by atoms with Crippen LogP contribution in [0.25, 0.3) is 0 Å². The van der Waals surface area contributed by atoms with Crippen LogP contribution >= 0.6 is 0 Å². The van der Waals surface area contributed by atoms with Crippen LogP contribution in [0.4, 0.5) is 10.1 Å². The molecule has 5 heteroatoms. The summed E-state index contributed by atoms with van der Waals surface area (Å²) in [5.41, 5.74) is 6.32. The molecule has 1 aliphatic heterocycles. The van der Waals surface area contributed by atoms with E-state index < -0.39 is 0 Å². The number of ether oxygens (including phenoxy) is 1. The minimum Gasteiger partial charge on any atom is -0.384 e. The Bertz CT molecular complexity index is 458. The molecule has 0 bridgehead atoms. The molecular weight excluding hydrogens is 245 g/mol. The number of rotatable bonds is 4. The number of halogens is 1. The molecule has 1 aromatic carbocycles. The quantitative estimate of drug-likeness (QED) is 0.646. The second-order valence-corrected chi connectivity index (χ2v) is 5.02. The minimum absolute atomic E-state index is 0.113. The number of nitrogens with two attached hydrogens (primary N) is 1. The van der Waals surface area contributed by atoms with Crippen molar-refractivity contribution >= 4 is 11.5 Å². The zero-order valence-corrected chi connectivity index (χ0v) is 11.2. The van der Waals surface area contributed by atoms with E-state index in [9.17, 15) is 4.39 Å². The zero-order chi connectivity index (χ0) is 13.8. The van der Waals surface area contributed by atoms with Crippen molar-refractivity contribution < 1.29 is 9.13 Å². The lowest BCUT2D eigenvalue weighted by Gasteiger charge is -2.28. The maximum atomic E-state index is 14.0. The smallest absolute Gasteiger partial charge is 0.147 e. The predicted octanol–water partition coefficient (Wildman–Crippen LogP) is 1.97. The lowest BCUT2D eigenvalue weighted by atomic mass is 9.99. The molecule has 0 aliphatic carbocycles. The SMILES string of the molecule is CN(CC1CCOCC1)c1ccc(C(=N)N)cc1F. The highest BCUT2D eigenvalue weighted by atomic mass is 19.1. The fraction of sp³-hybridized carbons (Fsp3) is 0.500. The molecule has 1 heterocycles. The third kappa shape index (κ3) is 3.44. The van der Waals surface area contributed by atoms with Gasteiger partial charge in [-0.1, -0.05) is 0 Å². The van der Waals surface area contributed by atoms with Gasteiger partial charge >= 0.3 is 0 Å². The van der Waals surface area contributed by atoms with Crippen LogP contribution in [-0.4, -0.2) is 32.6 Å². The molecule has 0 atom stereocenters. The van der Waals surface area contributed by atoms with Crippen LogP contribution in [0.15, 0.2) is 18.2 Å². The standard InChI is InChI=1S/C14H20FN3O/c1-18(9-10-4-6-19-7-5-10)13-3-2-11(14(16)17)8-12(13)15/h2-3,8,10H,4-7,9H2,1H3,(H3,16,17). The van der Waals surface area contributed by atoms with Gasteiger partial charge in [-0.05, 0) is 37.0 Å². The van der Waals surface area contributed by atoms with E-state index in [0.29, 0.717) is 17.2 Å². The number of nitrogens with zero attached hydrogens (tertiary/aromatic N) is 1. The summed E-state index contributed by atoms with van der Waals surface area (Å²) in [4.78, 5) is 1.93. The van der Waals surface area contributed by atoms with Gasteiger partial charge in [-0.25, -0.2) is 4.39 Å². The summed E-state index contributed by atoms with van der Waals surface area (Å²) >= 11 is 0. The molecule has 3 N–H and O–H groups in total. The number of amidine groups is 1. The lowest BCUT2D eigenvalue weighted by Crippen LogP contribution is -2.30. The molecule has 104 valence electrons. The molecule has 0 saturated carbocycles. The molecule has 0 aromatic heterocycles. The normalized spacial score (nSPS) is 16.3. The second kappa shape index (κ2) is 6.02. The fourth-order valence-corrected chi connectivity index (χ4v) is 2.40. The van der Waals surface area contributed by atoms with E-state index in [1.54, 1.807) is 12.1 Å². The van der Waals surface area contributed by atoms with Crippen molar-refractivity contribution in [2.24, 2.45) is 11.7 Å². The molecule has 1 fully saturated rings. The Balaban J connectivity index is 2.05. The van der Waals surface area contributed by atoms with Crippen molar-refractivity contribution in [3.8, 4) is 0 Å². The average Bonchev–Trinajstić information content (AvgIpc) is 2.39. The van der Waals surface area contributed by atoms with Gasteiger partial charge in [-0.2, -0.15) is 0 Å². The Morgan fingerprint density at radius 1 is 1.47 bits per heavy atom. The predicted molar refractivity (Wildman–Crippen MR) is 74.2 cm³/mol. The van der Waals surface area contributed by atoms with Crippen molar-refractivity contribution in [1.82, 2.24) is 0 Å². The molecule has 2 rings (SSSR count). The largest absolute Gasteiger partial charge is 0.384 e. The summed E-state index contributed by atoms with van der Waals surface area (Å²) in [6.45, 7) is 2.41. The zero-order valence-electron chi connectivity index (χ0n) is 11.2. The summed E-state index contributed by atoms with van der Waals surface area (Å²) in [5, 5.41) is 7.30. The maximum absolute atomic E-state index is 14.0. The summed E-state index contributed by atoms with van der Waals surface area (Å²) in [6.07, 6.45) is 2.05. The van der Waals surface area contributed by atoms with Crippen LogP contribution in [0.3, 0.4) is 0 Å². The molecular formula is C14H20FN3O. The first-order valence-corrected chi connectivity index (χ1v) is 6.50. The van der Waals surface area contributed by atoms with Gasteiger partial charge in [0.05, 0.1) is 5.69 Å². The van der Waals surface area contributed by atoms with Crippen molar-refractivity contribution in [3.05, 3.63) is 29.6 Å². The van der Waals surface area contributed by atoms with Crippen molar-refractivity contribution in [3.63, 3.8) is 0 Å². The van der Waals surface area contributed by atoms with Crippen molar-refractivity contribution in [1.29, 1.82) is 5.41 Å². The highest BCUT2D eigenvalue weighted by Crippen LogP contribution is 2.23. The number of nitrogen functional groups attached to an aromatic ring is 1. The maximum Gasteiger partial charge on any atom is 0.147 e. The topological polar surface area (TPSA) is 62.3 Å². The van der Waals surface area contributed by atoms with Crippen LogP contribution < -0.4 is 10.6 Å². The molecule has 0 spiro atoms. The minimum atomic E-state index is -0.331. The number of anilines is 1. The Hall–Kier alpha value is -1.62. The summed E-state index contributed by atoms with van der Waals surface area (Å²) in [7, 11) is 1.89. The molecule has 0 amide bonds. The Morgan fingerprint density at radius 3 is 2.74 bits per heavy atom. The molecule has 0 radical (unpaired) electrons. The van der Waals surface area contributed by atoms with Gasteiger partial charge < -0.3 is 15.4 Å². The first-order valence-electron chi connectivity index (χ1n) is 6.50. The van der Waals surface area contributed by atoms with E-state index in [1.807, 2.05) is 11.9 Å². The second-order valence-electron chi connectivity index (χ2n) is 5.02. The molecule has 1 aliphatic rings. The first kappa shape index (κ1) is 13.8. The van der Waals surface area contributed by atoms with Crippen LogP contribution in [0.5, 0.6) is 0 Å². The molecule has 19 heavy (non-hydrogen) atoms. The highest BCUT2D eigenvalue weighted by Gasteiger charge is 2.17. The van der Waals surface area contributed by atoms with Gasteiger partial charge in [-0.3, -0.25) is 5.41 Å².